The van der Waals surface area contributed by atoms with Gasteiger partial charge < -0.3 is 0 Å². The van der Waals surface area contributed by atoms with Gasteiger partial charge in [-0.25, -0.2) is 0 Å². The third kappa shape index (κ3) is 2.23. The van der Waals surface area contributed by atoms with Crippen LogP contribution in [0.25, 0.3) is 0 Å². The average Bonchev–Trinajstić information content (AvgIpc) is 2.44. The maximum Gasteiger partial charge on any atom is 0.297 e. The Hall–Kier alpha value is -0.870. The first kappa shape index (κ1) is 14.7. The van der Waals surface area contributed by atoms with Crippen LogP contribution in [0, 0.1) is 30.6 Å². The van der Waals surface area contributed by atoms with Crippen molar-refractivity contribution in [1.82, 2.24) is 0 Å². The standard InChI is InChI=1S/C18H24O3S/c1-12-3-5-17(6-4-12)22(19,20)21-18(2)15-8-13-7-14(10-15)11-16(18)9-13/h3-6,13-16H,7-11H2,1-2H3. The van der Waals surface area contributed by atoms with Crippen LogP contribution in [0.5, 0.6) is 0 Å². The Morgan fingerprint density at radius 1 is 0.955 bits per heavy atom. The SMILES string of the molecule is Cc1ccc(S(=O)(=O)OC2(C)C3CC4CC(C3)CC2C4)cc1. The molecule has 4 heteroatoms. The molecular formula is C18H24O3S. The van der Waals surface area contributed by atoms with E-state index in [0.29, 0.717) is 11.8 Å². The molecule has 0 amide bonds. The van der Waals surface area contributed by atoms with Gasteiger partial charge in [0.15, 0.2) is 0 Å². The van der Waals surface area contributed by atoms with E-state index in [2.05, 4.69) is 0 Å². The summed E-state index contributed by atoms with van der Waals surface area (Å²) in [5, 5.41) is 0. The molecule has 0 atom stereocenters. The molecule has 4 aliphatic carbocycles. The van der Waals surface area contributed by atoms with E-state index in [0.717, 1.165) is 43.1 Å². The van der Waals surface area contributed by atoms with E-state index in [1.54, 1.807) is 12.1 Å². The van der Waals surface area contributed by atoms with Crippen molar-refractivity contribution < 1.29 is 12.6 Å². The van der Waals surface area contributed by atoms with E-state index in [-0.39, 0.29) is 4.90 Å². The number of benzene rings is 1. The summed E-state index contributed by atoms with van der Waals surface area (Å²) in [6, 6.07) is 6.97. The van der Waals surface area contributed by atoms with Crippen LogP contribution in [0.15, 0.2) is 29.2 Å². The molecule has 0 spiro atoms. The summed E-state index contributed by atoms with van der Waals surface area (Å²) in [6.45, 7) is 4.00. The van der Waals surface area contributed by atoms with Crippen molar-refractivity contribution in [2.24, 2.45) is 23.7 Å². The Labute approximate surface area is 133 Å². The second-order valence-corrected chi connectivity index (χ2v) is 9.39. The number of hydrogen-bond donors (Lipinski definition) is 0. The predicted molar refractivity (Wildman–Crippen MR) is 84.9 cm³/mol. The summed E-state index contributed by atoms with van der Waals surface area (Å²) in [6.07, 6.45) is 5.94. The Bertz CT molecular complexity index is 647. The van der Waals surface area contributed by atoms with E-state index in [9.17, 15) is 8.42 Å². The normalized spacial score (nSPS) is 40.1. The molecule has 0 unspecified atom stereocenters. The minimum absolute atomic E-state index is 0.285. The van der Waals surface area contributed by atoms with Gasteiger partial charge in [0.25, 0.3) is 10.1 Å². The van der Waals surface area contributed by atoms with Gasteiger partial charge in [0.1, 0.15) is 0 Å². The molecule has 3 nitrogen and oxygen atoms in total. The van der Waals surface area contributed by atoms with Crippen LogP contribution in [0.1, 0.15) is 44.6 Å². The zero-order valence-electron chi connectivity index (χ0n) is 13.3. The number of aryl methyl sites for hydroxylation is 1. The van der Waals surface area contributed by atoms with Gasteiger partial charge in [0, 0.05) is 0 Å². The van der Waals surface area contributed by atoms with Gasteiger partial charge >= 0.3 is 0 Å². The zero-order chi connectivity index (χ0) is 15.5. The summed E-state index contributed by atoms with van der Waals surface area (Å²) < 4.78 is 31.3. The van der Waals surface area contributed by atoms with Crippen molar-refractivity contribution in [3.63, 3.8) is 0 Å². The second-order valence-electron chi connectivity index (χ2n) is 7.84. The summed E-state index contributed by atoms with van der Waals surface area (Å²) in [7, 11) is -3.68. The lowest BCUT2D eigenvalue weighted by Gasteiger charge is -2.58. The molecule has 0 N–H and O–H groups in total. The van der Waals surface area contributed by atoms with Gasteiger partial charge in [-0.05, 0) is 81.8 Å². The predicted octanol–water partition coefficient (Wildman–Crippen LogP) is 3.92. The van der Waals surface area contributed by atoms with Crippen LogP contribution in [-0.4, -0.2) is 14.0 Å². The molecule has 4 saturated carbocycles. The average molecular weight is 320 g/mol. The number of hydrogen-bond acceptors (Lipinski definition) is 3. The molecule has 0 heterocycles. The van der Waals surface area contributed by atoms with Crippen LogP contribution < -0.4 is 0 Å². The fraction of sp³-hybridized carbons (Fsp3) is 0.667. The Balaban J connectivity index is 1.63. The van der Waals surface area contributed by atoms with Crippen molar-refractivity contribution >= 4 is 10.1 Å². The van der Waals surface area contributed by atoms with Crippen LogP contribution >= 0.6 is 0 Å². The Morgan fingerprint density at radius 2 is 1.45 bits per heavy atom. The summed E-state index contributed by atoms with van der Waals surface area (Å²) in [4.78, 5) is 0.285. The minimum atomic E-state index is -3.68. The van der Waals surface area contributed by atoms with E-state index in [1.807, 2.05) is 26.0 Å². The molecule has 4 fully saturated rings. The molecule has 0 radical (unpaired) electrons. The lowest BCUT2D eigenvalue weighted by Crippen LogP contribution is -2.57. The summed E-state index contributed by atoms with van der Waals surface area (Å²) in [5.41, 5.74) is 0.553. The highest BCUT2D eigenvalue weighted by molar-refractivity contribution is 7.86. The van der Waals surface area contributed by atoms with Crippen LogP contribution in [0.3, 0.4) is 0 Å². The topological polar surface area (TPSA) is 43.4 Å². The fourth-order valence-electron chi connectivity index (χ4n) is 5.25. The van der Waals surface area contributed by atoms with Gasteiger partial charge in [-0.2, -0.15) is 8.42 Å². The highest BCUT2D eigenvalue weighted by atomic mass is 32.2. The van der Waals surface area contributed by atoms with Crippen molar-refractivity contribution in [2.45, 2.75) is 56.4 Å². The van der Waals surface area contributed by atoms with Crippen molar-refractivity contribution in [3.05, 3.63) is 29.8 Å². The Kier molecular flexibility index (Phi) is 3.22. The quantitative estimate of drug-likeness (QED) is 0.793. The van der Waals surface area contributed by atoms with Gasteiger partial charge in [-0.15, -0.1) is 0 Å². The first-order valence-electron chi connectivity index (χ1n) is 8.39. The molecule has 0 saturated heterocycles. The molecule has 1 aromatic carbocycles. The molecule has 22 heavy (non-hydrogen) atoms. The van der Waals surface area contributed by atoms with Crippen LogP contribution in [-0.2, 0) is 14.3 Å². The second kappa shape index (κ2) is 4.81. The Morgan fingerprint density at radius 3 is 1.95 bits per heavy atom. The lowest BCUT2D eigenvalue weighted by atomic mass is 9.50. The summed E-state index contributed by atoms with van der Waals surface area (Å²) >= 11 is 0. The molecule has 0 aromatic heterocycles. The lowest BCUT2D eigenvalue weighted by molar-refractivity contribution is -0.142. The van der Waals surface area contributed by atoms with Gasteiger partial charge in [-0.1, -0.05) is 17.7 Å². The fourth-order valence-corrected chi connectivity index (χ4v) is 6.56. The molecule has 120 valence electrons. The van der Waals surface area contributed by atoms with Gasteiger partial charge in [-0.3, -0.25) is 4.18 Å². The third-order valence-electron chi connectivity index (χ3n) is 6.36. The van der Waals surface area contributed by atoms with E-state index in [1.165, 1.54) is 6.42 Å². The summed E-state index contributed by atoms with van der Waals surface area (Å²) in [5.74, 6) is 2.43. The van der Waals surface area contributed by atoms with Crippen molar-refractivity contribution in [3.8, 4) is 0 Å². The molecular weight excluding hydrogens is 296 g/mol. The largest absolute Gasteiger partial charge is 0.297 e. The van der Waals surface area contributed by atoms with Crippen LogP contribution in [0.2, 0.25) is 0 Å². The van der Waals surface area contributed by atoms with E-state index in [4.69, 9.17) is 4.18 Å². The minimum Gasteiger partial charge on any atom is -0.259 e. The molecule has 0 aliphatic heterocycles. The third-order valence-corrected chi connectivity index (χ3v) is 7.79. The zero-order valence-corrected chi connectivity index (χ0v) is 14.1. The highest BCUT2D eigenvalue weighted by Gasteiger charge is 2.57. The van der Waals surface area contributed by atoms with Gasteiger partial charge in [0.2, 0.25) is 0 Å². The first-order valence-corrected chi connectivity index (χ1v) is 9.80. The van der Waals surface area contributed by atoms with E-state index < -0.39 is 15.7 Å². The molecule has 4 bridgehead atoms. The maximum absolute atomic E-state index is 12.7. The monoisotopic (exact) mass is 320 g/mol. The maximum atomic E-state index is 12.7. The molecule has 1 aromatic rings. The first-order chi connectivity index (χ1) is 10.4. The van der Waals surface area contributed by atoms with E-state index >= 15 is 0 Å². The molecule has 5 rings (SSSR count). The molecule has 4 aliphatic rings. The number of rotatable bonds is 3. The smallest absolute Gasteiger partial charge is 0.259 e. The highest BCUT2D eigenvalue weighted by Crippen LogP contribution is 2.59. The van der Waals surface area contributed by atoms with Crippen molar-refractivity contribution in [1.29, 1.82) is 0 Å². The van der Waals surface area contributed by atoms with Crippen molar-refractivity contribution in [2.75, 3.05) is 0 Å². The van der Waals surface area contributed by atoms with Crippen LogP contribution in [0.4, 0.5) is 0 Å². The van der Waals surface area contributed by atoms with Gasteiger partial charge in [0.05, 0.1) is 10.5 Å².